The lowest BCUT2D eigenvalue weighted by Crippen LogP contribution is -2.31. The summed E-state index contributed by atoms with van der Waals surface area (Å²) in [5.41, 5.74) is 0.677. The maximum absolute atomic E-state index is 12.2. The van der Waals surface area contributed by atoms with E-state index >= 15 is 0 Å². The summed E-state index contributed by atoms with van der Waals surface area (Å²) in [6, 6.07) is 1.83. The van der Waals surface area contributed by atoms with E-state index < -0.39 is 0 Å². The molecule has 1 aliphatic heterocycles. The fraction of sp³-hybridized carbons (Fsp3) is 0.500. The molecule has 2 heterocycles. The number of nitrogens with zero attached hydrogens (tertiary/aromatic N) is 2. The second kappa shape index (κ2) is 5.43. The molecular formula is C12H15BrN2O. The van der Waals surface area contributed by atoms with Crippen LogP contribution in [0.2, 0.25) is 0 Å². The van der Waals surface area contributed by atoms with Crippen LogP contribution in [-0.2, 0) is 0 Å². The van der Waals surface area contributed by atoms with Crippen molar-refractivity contribution in [2.45, 2.75) is 25.7 Å². The first kappa shape index (κ1) is 11.6. The van der Waals surface area contributed by atoms with Gasteiger partial charge < -0.3 is 4.90 Å². The maximum atomic E-state index is 12.2. The van der Waals surface area contributed by atoms with Gasteiger partial charge in [-0.1, -0.05) is 12.8 Å². The molecule has 0 bridgehead atoms. The van der Waals surface area contributed by atoms with Crippen molar-refractivity contribution in [2.24, 2.45) is 0 Å². The van der Waals surface area contributed by atoms with Gasteiger partial charge >= 0.3 is 0 Å². The average molecular weight is 283 g/mol. The molecule has 0 N–H and O–H groups in total. The van der Waals surface area contributed by atoms with Crippen molar-refractivity contribution in [3.63, 3.8) is 0 Å². The smallest absolute Gasteiger partial charge is 0.255 e. The summed E-state index contributed by atoms with van der Waals surface area (Å²) in [4.78, 5) is 18.1. The molecule has 4 heteroatoms. The lowest BCUT2D eigenvalue weighted by atomic mass is 10.2. The first-order valence-corrected chi connectivity index (χ1v) is 6.46. The van der Waals surface area contributed by atoms with Crippen LogP contribution in [-0.4, -0.2) is 28.9 Å². The Morgan fingerprint density at radius 1 is 1.19 bits per heavy atom. The van der Waals surface area contributed by atoms with Gasteiger partial charge in [0.1, 0.15) is 0 Å². The Bertz CT molecular complexity index is 373. The molecule has 0 atom stereocenters. The summed E-state index contributed by atoms with van der Waals surface area (Å²) < 4.78 is 0.855. The Hall–Kier alpha value is -0.900. The third-order valence-electron chi connectivity index (χ3n) is 2.85. The van der Waals surface area contributed by atoms with Crippen LogP contribution in [0, 0.1) is 0 Å². The zero-order valence-electron chi connectivity index (χ0n) is 9.16. The topological polar surface area (TPSA) is 33.2 Å². The van der Waals surface area contributed by atoms with Gasteiger partial charge in [-0.3, -0.25) is 9.78 Å². The molecule has 0 radical (unpaired) electrons. The fourth-order valence-corrected chi connectivity index (χ4v) is 2.35. The van der Waals surface area contributed by atoms with Crippen molar-refractivity contribution >= 4 is 21.8 Å². The first-order chi connectivity index (χ1) is 7.77. The normalized spacial score (nSPS) is 16.9. The second-order valence-corrected chi connectivity index (χ2v) is 5.01. The van der Waals surface area contributed by atoms with Crippen LogP contribution in [0.25, 0.3) is 0 Å². The SMILES string of the molecule is O=C(c1cncc(Br)c1)N1CCCCCC1. The standard InChI is InChI=1S/C12H15BrN2O/c13-11-7-10(8-14-9-11)12(16)15-5-3-1-2-4-6-15/h7-9H,1-6H2. The highest BCUT2D eigenvalue weighted by molar-refractivity contribution is 9.10. The summed E-state index contributed by atoms with van der Waals surface area (Å²) in [5, 5.41) is 0. The summed E-state index contributed by atoms with van der Waals surface area (Å²) >= 11 is 3.34. The van der Waals surface area contributed by atoms with Crippen LogP contribution in [0.15, 0.2) is 22.9 Å². The minimum absolute atomic E-state index is 0.107. The molecule has 1 saturated heterocycles. The minimum atomic E-state index is 0.107. The van der Waals surface area contributed by atoms with E-state index in [1.807, 2.05) is 11.0 Å². The summed E-state index contributed by atoms with van der Waals surface area (Å²) in [6.07, 6.45) is 8.04. The molecule has 0 saturated carbocycles. The Kier molecular flexibility index (Phi) is 3.93. The molecule has 0 aliphatic carbocycles. The highest BCUT2D eigenvalue weighted by atomic mass is 79.9. The molecule has 1 aromatic heterocycles. The van der Waals surface area contributed by atoms with Crippen LogP contribution in [0.3, 0.4) is 0 Å². The van der Waals surface area contributed by atoms with Gasteiger partial charge in [-0.15, -0.1) is 0 Å². The lowest BCUT2D eigenvalue weighted by molar-refractivity contribution is 0.0761. The molecular weight excluding hydrogens is 268 g/mol. The number of amides is 1. The van der Waals surface area contributed by atoms with E-state index in [-0.39, 0.29) is 5.91 Å². The summed E-state index contributed by atoms with van der Waals surface area (Å²) in [7, 11) is 0. The zero-order chi connectivity index (χ0) is 11.4. The molecule has 16 heavy (non-hydrogen) atoms. The van der Waals surface area contributed by atoms with E-state index in [9.17, 15) is 4.79 Å². The number of likely N-dealkylation sites (tertiary alicyclic amines) is 1. The molecule has 3 nitrogen and oxygen atoms in total. The van der Waals surface area contributed by atoms with Crippen molar-refractivity contribution in [2.75, 3.05) is 13.1 Å². The van der Waals surface area contributed by atoms with Gasteiger partial charge in [-0.2, -0.15) is 0 Å². The monoisotopic (exact) mass is 282 g/mol. The van der Waals surface area contributed by atoms with E-state index in [1.54, 1.807) is 12.4 Å². The predicted octanol–water partition coefficient (Wildman–Crippen LogP) is 2.86. The second-order valence-electron chi connectivity index (χ2n) is 4.10. The summed E-state index contributed by atoms with van der Waals surface area (Å²) in [5.74, 6) is 0.107. The molecule has 1 fully saturated rings. The Morgan fingerprint density at radius 3 is 2.50 bits per heavy atom. The molecule has 0 unspecified atom stereocenters. The van der Waals surface area contributed by atoms with Crippen molar-refractivity contribution in [3.05, 3.63) is 28.5 Å². The number of hydrogen-bond donors (Lipinski definition) is 0. The highest BCUT2D eigenvalue weighted by Crippen LogP contribution is 2.15. The molecule has 0 spiro atoms. The third kappa shape index (κ3) is 2.82. The van der Waals surface area contributed by atoms with Crippen LogP contribution in [0.1, 0.15) is 36.0 Å². The van der Waals surface area contributed by atoms with Gasteiger partial charge in [-0.25, -0.2) is 0 Å². The molecule has 0 aromatic carbocycles. The van der Waals surface area contributed by atoms with Gasteiger partial charge in [0, 0.05) is 30.0 Å². The van der Waals surface area contributed by atoms with Gasteiger partial charge in [0.15, 0.2) is 0 Å². The van der Waals surface area contributed by atoms with E-state index in [0.717, 1.165) is 30.4 Å². The quantitative estimate of drug-likeness (QED) is 0.794. The van der Waals surface area contributed by atoms with Gasteiger partial charge in [0.25, 0.3) is 5.91 Å². The number of halogens is 1. The van der Waals surface area contributed by atoms with Gasteiger partial charge in [0.2, 0.25) is 0 Å². The Balaban J connectivity index is 2.11. The highest BCUT2D eigenvalue weighted by Gasteiger charge is 2.17. The van der Waals surface area contributed by atoms with Crippen LogP contribution in [0.4, 0.5) is 0 Å². The average Bonchev–Trinajstić information content (AvgIpc) is 2.56. The number of hydrogen-bond acceptors (Lipinski definition) is 2. The fourth-order valence-electron chi connectivity index (χ4n) is 1.99. The van der Waals surface area contributed by atoms with E-state index in [2.05, 4.69) is 20.9 Å². The third-order valence-corrected chi connectivity index (χ3v) is 3.28. The summed E-state index contributed by atoms with van der Waals surface area (Å²) in [6.45, 7) is 1.76. The Morgan fingerprint density at radius 2 is 1.88 bits per heavy atom. The van der Waals surface area contributed by atoms with Crippen LogP contribution in [0.5, 0.6) is 0 Å². The van der Waals surface area contributed by atoms with E-state index in [1.165, 1.54) is 12.8 Å². The largest absolute Gasteiger partial charge is 0.339 e. The number of rotatable bonds is 1. The van der Waals surface area contributed by atoms with Crippen LogP contribution >= 0.6 is 15.9 Å². The van der Waals surface area contributed by atoms with Crippen molar-refractivity contribution < 1.29 is 4.79 Å². The van der Waals surface area contributed by atoms with E-state index in [0.29, 0.717) is 5.56 Å². The number of carbonyl (C=O) groups is 1. The van der Waals surface area contributed by atoms with Gasteiger partial charge in [-0.05, 0) is 34.8 Å². The number of carbonyl (C=O) groups excluding carboxylic acids is 1. The number of pyridine rings is 1. The van der Waals surface area contributed by atoms with Crippen LogP contribution < -0.4 is 0 Å². The minimum Gasteiger partial charge on any atom is -0.339 e. The van der Waals surface area contributed by atoms with Crippen molar-refractivity contribution in [1.29, 1.82) is 0 Å². The molecule has 2 rings (SSSR count). The van der Waals surface area contributed by atoms with E-state index in [4.69, 9.17) is 0 Å². The molecule has 1 aliphatic rings. The molecule has 1 amide bonds. The first-order valence-electron chi connectivity index (χ1n) is 5.67. The van der Waals surface area contributed by atoms with Gasteiger partial charge in [0.05, 0.1) is 5.56 Å². The predicted molar refractivity (Wildman–Crippen MR) is 66.3 cm³/mol. The van der Waals surface area contributed by atoms with Crippen molar-refractivity contribution in [3.8, 4) is 0 Å². The Labute approximate surface area is 104 Å². The molecule has 86 valence electrons. The molecule has 1 aromatic rings. The maximum Gasteiger partial charge on any atom is 0.255 e. The van der Waals surface area contributed by atoms with Crippen molar-refractivity contribution in [1.82, 2.24) is 9.88 Å². The zero-order valence-corrected chi connectivity index (χ0v) is 10.7. The lowest BCUT2D eigenvalue weighted by Gasteiger charge is -2.20. The number of aromatic nitrogens is 1.